The number of nitriles is 1. The highest BCUT2D eigenvalue weighted by molar-refractivity contribution is 5.96. The normalized spacial score (nSPS) is 10.3. The van der Waals surface area contributed by atoms with Crippen LogP contribution in [0.15, 0.2) is 59.4 Å². The number of carbonyl (C=O) groups excluding carboxylic acids is 1. The molecule has 0 aliphatic heterocycles. The zero-order chi connectivity index (χ0) is 17.1. The number of aromatic nitrogens is 1. The van der Waals surface area contributed by atoms with Crippen LogP contribution in [-0.4, -0.2) is 22.8 Å². The van der Waals surface area contributed by atoms with Crippen molar-refractivity contribution in [3.8, 4) is 6.07 Å². The summed E-state index contributed by atoms with van der Waals surface area (Å²) in [5.74, 6) is -0.262. The lowest BCUT2D eigenvalue weighted by Crippen LogP contribution is -2.28. The Morgan fingerprint density at radius 1 is 1.17 bits per heavy atom. The van der Waals surface area contributed by atoms with Crippen LogP contribution in [-0.2, 0) is 6.54 Å². The molecular formula is C19H15N3O2. The van der Waals surface area contributed by atoms with Gasteiger partial charge in [0, 0.05) is 19.0 Å². The molecule has 1 aromatic heterocycles. The van der Waals surface area contributed by atoms with Crippen LogP contribution in [0.4, 0.5) is 0 Å². The molecule has 1 amide bonds. The Labute approximate surface area is 138 Å². The SMILES string of the molecule is CN(Cc1ccc(C#N)cc1)C(=O)c1cc2ccccc2c(=O)[nH]1. The zero-order valence-electron chi connectivity index (χ0n) is 13.1. The Hall–Kier alpha value is -3.39. The smallest absolute Gasteiger partial charge is 0.270 e. The van der Waals surface area contributed by atoms with Crippen molar-refractivity contribution >= 4 is 16.7 Å². The fourth-order valence-corrected chi connectivity index (χ4v) is 2.56. The van der Waals surface area contributed by atoms with Crippen LogP contribution < -0.4 is 5.56 Å². The highest BCUT2D eigenvalue weighted by atomic mass is 16.2. The largest absolute Gasteiger partial charge is 0.336 e. The topological polar surface area (TPSA) is 77.0 Å². The number of nitrogens with zero attached hydrogens (tertiary/aromatic N) is 2. The third-order valence-corrected chi connectivity index (χ3v) is 3.83. The summed E-state index contributed by atoms with van der Waals surface area (Å²) in [7, 11) is 1.67. The average Bonchev–Trinajstić information content (AvgIpc) is 2.61. The summed E-state index contributed by atoms with van der Waals surface area (Å²) in [5, 5.41) is 10.1. The number of hydrogen-bond acceptors (Lipinski definition) is 3. The highest BCUT2D eigenvalue weighted by Gasteiger charge is 2.14. The van der Waals surface area contributed by atoms with Gasteiger partial charge in [-0.3, -0.25) is 9.59 Å². The molecule has 24 heavy (non-hydrogen) atoms. The van der Waals surface area contributed by atoms with E-state index < -0.39 is 0 Å². The number of aromatic amines is 1. The number of rotatable bonds is 3. The van der Waals surface area contributed by atoms with Crippen LogP contribution >= 0.6 is 0 Å². The lowest BCUT2D eigenvalue weighted by Gasteiger charge is -2.17. The number of pyridine rings is 1. The van der Waals surface area contributed by atoms with Crippen LogP contribution in [0.1, 0.15) is 21.6 Å². The van der Waals surface area contributed by atoms with Crippen molar-refractivity contribution < 1.29 is 4.79 Å². The maximum absolute atomic E-state index is 12.6. The van der Waals surface area contributed by atoms with E-state index in [1.165, 1.54) is 4.90 Å². The first-order chi connectivity index (χ1) is 11.6. The van der Waals surface area contributed by atoms with E-state index >= 15 is 0 Å². The number of benzene rings is 2. The van der Waals surface area contributed by atoms with Crippen LogP contribution in [0.25, 0.3) is 10.8 Å². The van der Waals surface area contributed by atoms with E-state index in [1.54, 1.807) is 37.4 Å². The Morgan fingerprint density at radius 2 is 1.88 bits per heavy atom. The average molecular weight is 317 g/mol. The maximum Gasteiger partial charge on any atom is 0.270 e. The van der Waals surface area contributed by atoms with E-state index in [9.17, 15) is 9.59 Å². The van der Waals surface area contributed by atoms with Gasteiger partial charge in [0.15, 0.2) is 0 Å². The molecule has 1 heterocycles. The number of fused-ring (bicyclic) bond motifs is 1. The second-order valence-electron chi connectivity index (χ2n) is 5.57. The second kappa shape index (κ2) is 6.39. The molecule has 2 aromatic carbocycles. The molecule has 0 aliphatic rings. The molecule has 1 N–H and O–H groups in total. The van der Waals surface area contributed by atoms with Gasteiger partial charge in [0.2, 0.25) is 0 Å². The van der Waals surface area contributed by atoms with Crippen LogP contribution in [0.5, 0.6) is 0 Å². The summed E-state index contributed by atoms with van der Waals surface area (Å²) in [6.45, 7) is 0.388. The molecule has 3 rings (SSSR count). The van der Waals surface area contributed by atoms with Gasteiger partial charge in [0.1, 0.15) is 5.69 Å². The van der Waals surface area contributed by atoms with Crippen LogP contribution in [0, 0.1) is 11.3 Å². The van der Waals surface area contributed by atoms with Crippen LogP contribution in [0.2, 0.25) is 0 Å². The van der Waals surface area contributed by atoms with Crippen molar-refractivity contribution in [2.24, 2.45) is 0 Å². The van der Waals surface area contributed by atoms with E-state index in [0.29, 0.717) is 17.5 Å². The monoisotopic (exact) mass is 317 g/mol. The van der Waals surface area contributed by atoms with Gasteiger partial charge in [-0.15, -0.1) is 0 Å². The van der Waals surface area contributed by atoms with Gasteiger partial charge in [-0.05, 0) is 35.2 Å². The standard InChI is InChI=1S/C19H15N3O2/c1-22(12-14-8-6-13(11-20)7-9-14)19(24)17-10-15-4-2-3-5-16(15)18(23)21-17/h2-10H,12H2,1H3,(H,21,23). The van der Waals surface area contributed by atoms with Crippen molar-refractivity contribution in [2.45, 2.75) is 6.54 Å². The Bertz CT molecular complexity index is 998. The van der Waals surface area contributed by atoms with Gasteiger partial charge in [0.25, 0.3) is 11.5 Å². The van der Waals surface area contributed by atoms with Gasteiger partial charge in [0.05, 0.1) is 11.6 Å². The molecule has 0 radical (unpaired) electrons. The Morgan fingerprint density at radius 3 is 2.58 bits per heavy atom. The van der Waals surface area contributed by atoms with Crippen molar-refractivity contribution in [1.82, 2.24) is 9.88 Å². The Kier molecular flexibility index (Phi) is 4.13. The van der Waals surface area contributed by atoms with Crippen molar-refractivity contribution in [2.75, 3.05) is 7.05 Å². The highest BCUT2D eigenvalue weighted by Crippen LogP contribution is 2.12. The summed E-state index contributed by atoms with van der Waals surface area (Å²) in [4.78, 5) is 28.8. The number of nitrogens with one attached hydrogen (secondary N) is 1. The van der Waals surface area contributed by atoms with Crippen molar-refractivity contribution in [1.29, 1.82) is 5.26 Å². The molecule has 0 bridgehead atoms. The first kappa shape index (κ1) is 15.5. The lowest BCUT2D eigenvalue weighted by atomic mass is 10.1. The molecule has 0 saturated carbocycles. The molecule has 118 valence electrons. The van der Waals surface area contributed by atoms with Crippen LogP contribution in [0.3, 0.4) is 0 Å². The third kappa shape index (κ3) is 3.03. The molecule has 0 spiro atoms. The first-order valence-electron chi connectivity index (χ1n) is 7.45. The van der Waals surface area contributed by atoms with Crippen molar-refractivity contribution in [3.63, 3.8) is 0 Å². The molecule has 0 fully saturated rings. The molecule has 5 nitrogen and oxygen atoms in total. The van der Waals surface area contributed by atoms with E-state index in [1.807, 2.05) is 24.3 Å². The van der Waals surface area contributed by atoms with Gasteiger partial charge in [-0.1, -0.05) is 30.3 Å². The number of carbonyl (C=O) groups is 1. The molecule has 0 unspecified atom stereocenters. The predicted octanol–water partition coefficient (Wildman–Crippen LogP) is 2.67. The van der Waals surface area contributed by atoms with E-state index in [0.717, 1.165) is 10.9 Å². The second-order valence-corrected chi connectivity index (χ2v) is 5.57. The lowest BCUT2D eigenvalue weighted by molar-refractivity contribution is 0.0779. The molecule has 0 saturated heterocycles. The quantitative estimate of drug-likeness (QED) is 0.807. The van der Waals surface area contributed by atoms with Gasteiger partial charge >= 0.3 is 0 Å². The van der Waals surface area contributed by atoms with Gasteiger partial charge in [-0.2, -0.15) is 5.26 Å². The zero-order valence-corrected chi connectivity index (χ0v) is 13.1. The molecular weight excluding hydrogens is 302 g/mol. The molecule has 5 heteroatoms. The Balaban J connectivity index is 1.85. The minimum absolute atomic E-state index is 0.259. The third-order valence-electron chi connectivity index (χ3n) is 3.83. The summed E-state index contributed by atoms with van der Waals surface area (Å²) in [5.41, 5.74) is 1.47. The molecule has 0 aliphatic carbocycles. The minimum atomic E-state index is -0.275. The number of H-pyrrole nitrogens is 1. The fourth-order valence-electron chi connectivity index (χ4n) is 2.56. The molecule has 0 atom stereocenters. The van der Waals surface area contributed by atoms with E-state index in [4.69, 9.17) is 5.26 Å². The minimum Gasteiger partial charge on any atom is -0.336 e. The first-order valence-corrected chi connectivity index (χ1v) is 7.45. The summed E-state index contributed by atoms with van der Waals surface area (Å²) in [6, 6.07) is 17.9. The van der Waals surface area contributed by atoms with Gasteiger partial charge in [-0.25, -0.2) is 0 Å². The summed E-state index contributed by atoms with van der Waals surface area (Å²) < 4.78 is 0. The maximum atomic E-state index is 12.6. The fraction of sp³-hybridized carbons (Fsp3) is 0.105. The predicted molar refractivity (Wildman–Crippen MR) is 91.5 cm³/mol. The number of amides is 1. The van der Waals surface area contributed by atoms with Crippen molar-refractivity contribution in [3.05, 3.63) is 81.8 Å². The number of hydrogen-bond donors (Lipinski definition) is 1. The summed E-state index contributed by atoms with van der Waals surface area (Å²) >= 11 is 0. The van der Waals surface area contributed by atoms with E-state index in [-0.39, 0.29) is 17.2 Å². The summed E-state index contributed by atoms with van der Waals surface area (Å²) in [6.07, 6.45) is 0. The molecule has 3 aromatic rings. The van der Waals surface area contributed by atoms with Gasteiger partial charge < -0.3 is 9.88 Å². The van der Waals surface area contributed by atoms with E-state index in [2.05, 4.69) is 11.1 Å².